The van der Waals surface area contributed by atoms with Crippen molar-refractivity contribution in [3.63, 3.8) is 0 Å². The number of para-hydroxylation sites is 1. The van der Waals surface area contributed by atoms with E-state index < -0.39 is 26.6 Å². The first-order chi connectivity index (χ1) is 13.7. The fourth-order valence-electron chi connectivity index (χ4n) is 2.94. The lowest BCUT2D eigenvalue weighted by Gasteiger charge is -2.33. The fourth-order valence-corrected chi connectivity index (χ4v) is 4.93. The van der Waals surface area contributed by atoms with Gasteiger partial charge in [-0.3, -0.25) is 9.69 Å². The third-order valence-corrected chi connectivity index (χ3v) is 6.98. The number of benzene rings is 2. The van der Waals surface area contributed by atoms with E-state index in [0.717, 1.165) is 16.4 Å². The van der Waals surface area contributed by atoms with Crippen LogP contribution < -0.4 is 5.32 Å². The van der Waals surface area contributed by atoms with Crippen LogP contribution in [-0.4, -0.2) is 56.3 Å². The highest BCUT2D eigenvalue weighted by Crippen LogP contribution is 2.29. The highest BCUT2D eigenvalue weighted by molar-refractivity contribution is 7.89. The number of hydrogen-bond donors (Lipinski definition) is 1. The minimum absolute atomic E-state index is 0.00374. The summed E-state index contributed by atoms with van der Waals surface area (Å²) in [6, 6.07) is 7.15. The van der Waals surface area contributed by atoms with Gasteiger partial charge in [-0.1, -0.05) is 29.3 Å². The van der Waals surface area contributed by atoms with Crippen molar-refractivity contribution in [3.8, 4) is 0 Å². The molecule has 29 heavy (non-hydrogen) atoms. The predicted molar refractivity (Wildman–Crippen MR) is 107 cm³/mol. The highest BCUT2D eigenvalue weighted by Gasteiger charge is 2.31. The van der Waals surface area contributed by atoms with Crippen molar-refractivity contribution in [2.75, 3.05) is 38.0 Å². The molecule has 0 aliphatic carbocycles. The van der Waals surface area contributed by atoms with Gasteiger partial charge < -0.3 is 5.32 Å². The molecule has 2 aromatic rings. The van der Waals surface area contributed by atoms with Crippen LogP contribution in [0.2, 0.25) is 10.0 Å². The molecule has 1 amide bonds. The van der Waals surface area contributed by atoms with Gasteiger partial charge in [-0.15, -0.1) is 0 Å². The van der Waals surface area contributed by atoms with Gasteiger partial charge in [0.2, 0.25) is 15.9 Å². The minimum Gasteiger partial charge on any atom is -0.322 e. The number of carbonyl (C=O) groups is 1. The average Bonchev–Trinajstić information content (AvgIpc) is 2.67. The molecule has 0 spiro atoms. The van der Waals surface area contributed by atoms with Crippen LogP contribution in [0, 0.1) is 11.6 Å². The monoisotopic (exact) mass is 463 g/mol. The van der Waals surface area contributed by atoms with Crippen LogP contribution >= 0.6 is 23.2 Å². The largest absolute Gasteiger partial charge is 0.322 e. The number of rotatable bonds is 5. The van der Waals surface area contributed by atoms with E-state index in [1.807, 2.05) is 0 Å². The predicted octanol–water partition coefficient (Wildman–Crippen LogP) is 3.22. The molecule has 0 atom stereocenters. The van der Waals surface area contributed by atoms with E-state index in [2.05, 4.69) is 5.32 Å². The van der Waals surface area contributed by atoms with Gasteiger partial charge in [0.25, 0.3) is 0 Å². The number of carbonyl (C=O) groups excluding carboxylic acids is 1. The van der Waals surface area contributed by atoms with E-state index in [-0.39, 0.29) is 38.6 Å². The van der Waals surface area contributed by atoms with Gasteiger partial charge in [-0.05, 0) is 30.3 Å². The minimum atomic E-state index is -4.17. The van der Waals surface area contributed by atoms with Crippen LogP contribution in [0.25, 0.3) is 0 Å². The maximum atomic E-state index is 13.9. The summed E-state index contributed by atoms with van der Waals surface area (Å²) in [5.41, 5.74) is 0.309. The van der Waals surface area contributed by atoms with Gasteiger partial charge >= 0.3 is 0 Å². The van der Waals surface area contributed by atoms with Gasteiger partial charge in [0.15, 0.2) is 0 Å². The summed E-state index contributed by atoms with van der Waals surface area (Å²) in [7, 11) is -4.17. The fraction of sp³-hybridized carbons (Fsp3) is 0.278. The van der Waals surface area contributed by atoms with Crippen molar-refractivity contribution in [2.45, 2.75) is 4.90 Å². The number of anilines is 1. The molecular formula is C18H17Cl2F2N3O3S. The Morgan fingerprint density at radius 1 is 1.03 bits per heavy atom. The normalized spacial score (nSPS) is 16.0. The molecule has 0 radical (unpaired) electrons. The topological polar surface area (TPSA) is 69.7 Å². The maximum absolute atomic E-state index is 13.9. The zero-order chi connectivity index (χ0) is 21.2. The van der Waals surface area contributed by atoms with Crippen LogP contribution in [0.15, 0.2) is 41.3 Å². The molecule has 1 heterocycles. The van der Waals surface area contributed by atoms with E-state index in [1.54, 1.807) is 23.1 Å². The SMILES string of the molecule is O=C(CN1CCN(S(=O)(=O)c2cc(F)ccc2F)CC1)Nc1c(Cl)cccc1Cl. The van der Waals surface area contributed by atoms with E-state index in [0.29, 0.717) is 21.8 Å². The average molecular weight is 464 g/mol. The number of amides is 1. The number of hydrogen-bond acceptors (Lipinski definition) is 4. The van der Waals surface area contributed by atoms with E-state index in [1.165, 1.54) is 0 Å². The first-order valence-electron chi connectivity index (χ1n) is 8.60. The number of halogens is 4. The second-order valence-electron chi connectivity index (χ2n) is 6.40. The van der Waals surface area contributed by atoms with Crippen LogP contribution in [0.1, 0.15) is 0 Å². The maximum Gasteiger partial charge on any atom is 0.246 e. The van der Waals surface area contributed by atoms with Gasteiger partial charge in [0, 0.05) is 26.2 Å². The van der Waals surface area contributed by atoms with Crippen molar-refractivity contribution < 1.29 is 22.0 Å². The van der Waals surface area contributed by atoms with E-state index in [4.69, 9.17) is 23.2 Å². The third kappa shape index (κ3) is 5.04. The Balaban J connectivity index is 1.60. The Bertz CT molecular complexity index is 1010. The molecule has 0 bridgehead atoms. The lowest BCUT2D eigenvalue weighted by molar-refractivity contribution is -0.117. The van der Waals surface area contributed by atoms with E-state index >= 15 is 0 Å². The molecule has 156 valence electrons. The molecule has 2 aromatic carbocycles. The summed E-state index contributed by atoms with van der Waals surface area (Å²) in [6.07, 6.45) is 0. The summed E-state index contributed by atoms with van der Waals surface area (Å²) >= 11 is 12.0. The Kier molecular flexibility index (Phi) is 6.75. The lowest BCUT2D eigenvalue weighted by Crippen LogP contribution is -2.50. The Hall–Kier alpha value is -1.78. The summed E-state index contributed by atoms with van der Waals surface area (Å²) in [5, 5.41) is 3.25. The molecule has 1 aliphatic heterocycles. The molecule has 1 saturated heterocycles. The van der Waals surface area contributed by atoms with Crippen molar-refractivity contribution in [1.82, 2.24) is 9.21 Å². The summed E-state index contributed by atoms with van der Waals surface area (Å²) < 4.78 is 53.5. The molecule has 3 rings (SSSR count). The second-order valence-corrected chi connectivity index (χ2v) is 9.12. The molecule has 11 heteroatoms. The molecule has 6 nitrogen and oxygen atoms in total. The van der Waals surface area contributed by atoms with Gasteiger partial charge in [-0.25, -0.2) is 17.2 Å². The quantitative estimate of drug-likeness (QED) is 0.738. The van der Waals surface area contributed by atoms with Crippen molar-refractivity contribution in [1.29, 1.82) is 0 Å². The molecule has 0 aromatic heterocycles. The van der Waals surface area contributed by atoms with Crippen LogP contribution in [0.5, 0.6) is 0 Å². The molecule has 0 unspecified atom stereocenters. The van der Waals surface area contributed by atoms with Crippen molar-refractivity contribution in [3.05, 3.63) is 58.1 Å². The lowest BCUT2D eigenvalue weighted by atomic mass is 10.3. The second kappa shape index (κ2) is 8.93. The number of nitrogens with zero attached hydrogens (tertiary/aromatic N) is 2. The summed E-state index contributed by atoms with van der Waals surface area (Å²) in [6.45, 7) is 0.584. The van der Waals surface area contributed by atoms with Crippen molar-refractivity contribution >= 4 is 44.8 Å². The first kappa shape index (κ1) is 21.9. The zero-order valence-corrected chi connectivity index (χ0v) is 17.4. The molecular weight excluding hydrogens is 447 g/mol. The molecule has 0 saturated carbocycles. The number of nitrogens with one attached hydrogen (secondary N) is 1. The van der Waals surface area contributed by atoms with Gasteiger partial charge in [0.1, 0.15) is 16.5 Å². The summed E-state index contributed by atoms with van der Waals surface area (Å²) in [4.78, 5) is 13.3. The standard InChI is InChI=1S/C18H17Cl2F2N3O3S/c19-13-2-1-3-14(20)18(13)23-17(26)11-24-6-8-25(9-7-24)29(27,28)16-10-12(21)4-5-15(16)22/h1-5,10H,6-9,11H2,(H,23,26). The first-order valence-corrected chi connectivity index (χ1v) is 10.8. The summed E-state index contributed by atoms with van der Waals surface area (Å²) in [5.74, 6) is -2.20. The van der Waals surface area contributed by atoms with E-state index in [9.17, 15) is 22.0 Å². The van der Waals surface area contributed by atoms with Crippen LogP contribution in [0.4, 0.5) is 14.5 Å². The van der Waals surface area contributed by atoms with Crippen molar-refractivity contribution in [2.24, 2.45) is 0 Å². The van der Waals surface area contributed by atoms with Gasteiger partial charge in [0.05, 0.1) is 22.3 Å². The Morgan fingerprint density at radius 3 is 2.28 bits per heavy atom. The molecule has 1 fully saturated rings. The van der Waals surface area contributed by atoms with Crippen LogP contribution in [-0.2, 0) is 14.8 Å². The number of piperazine rings is 1. The Labute approximate surface area is 177 Å². The van der Waals surface area contributed by atoms with Gasteiger partial charge in [-0.2, -0.15) is 4.31 Å². The molecule has 1 aliphatic rings. The third-order valence-electron chi connectivity index (χ3n) is 4.44. The number of sulfonamides is 1. The smallest absolute Gasteiger partial charge is 0.246 e. The highest BCUT2D eigenvalue weighted by atomic mass is 35.5. The van der Waals surface area contributed by atoms with Crippen LogP contribution in [0.3, 0.4) is 0 Å². The Morgan fingerprint density at radius 2 is 1.66 bits per heavy atom. The molecule has 1 N–H and O–H groups in total. The zero-order valence-electron chi connectivity index (χ0n) is 15.0.